The lowest BCUT2D eigenvalue weighted by atomic mass is 10.6. The van der Waals surface area contributed by atoms with E-state index in [1.165, 1.54) is 36.4 Å². The molecule has 0 aliphatic carbocycles. The molecule has 0 unspecified atom stereocenters. The van der Waals surface area contributed by atoms with E-state index in [-0.39, 0.29) is 9.76 Å². The summed E-state index contributed by atoms with van der Waals surface area (Å²) in [5.74, 6) is 2.70. The Bertz CT molecular complexity index is 94.8. The van der Waals surface area contributed by atoms with Crippen LogP contribution in [0.2, 0.25) is 18.1 Å². The first-order valence-corrected chi connectivity index (χ1v) is 11.7. The summed E-state index contributed by atoms with van der Waals surface area (Å²) in [6.45, 7) is 2.33. The van der Waals surface area contributed by atoms with Crippen LogP contribution >= 0.6 is 21.6 Å². The van der Waals surface area contributed by atoms with Gasteiger partial charge in [0.2, 0.25) is 0 Å². The highest BCUT2D eigenvalue weighted by molar-refractivity contribution is 8.76. The molecule has 0 aromatic heterocycles. The van der Waals surface area contributed by atoms with Gasteiger partial charge in [-0.15, -0.1) is 0 Å². The topological polar surface area (TPSA) is 9.23 Å². The largest absolute Gasteiger partial charge is 0.427 e. The summed E-state index contributed by atoms with van der Waals surface area (Å²) < 4.78 is 5.14. The maximum atomic E-state index is 5.14. The van der Waals surface area contributed by atoms with Gasteiger partial charge in [0, 0.05) is 28.1 Å². The monoisotopic (exact) mass is 268 g/mol. The van der Waals surface area contributed by atoms with E-state index < -0.39 is 0 Å². The molecule has 0 N–H and O–H groups in total. The third kappa shape index (κ3) is 13.1. The Morgan fingerprint density at radius 2 is 1.71 bits per heavy atom. The summed E-state index contributed by atoms with van der Waals surface area (Å²) in [6, 6.07) is 4.40. The van der Waals surface area contributed by atoms with Crippen molar-refractivity contribution in [2.24, 2.45) is 0 Å². The fraction of sp³-hybridized carbons (Fsp3) is 1.00. The van der Waals surface area contributed by atoms with Gasteiger partial charge in [0.05, 0.1) is 0 Å². The molecule has 0 saturated carbocycles. The average molecular weight is 269 g/mol. The van der Waals surface area contributed by atoms with Crippen LogP contribution in [0.1, 0.15) is 19.8 Å². The van der Waals surface area contributed by atoms with Gasteiger partial charge in [-0.3, -0.25) is 0 Å². The molecule has 0 bridgehead atoms. The second-order valence-electron chi connectivity index (χ2n) is 3.40. The van der Waals surface area contributed by atoms with Crippen molar-refractivity contribution < 1.29 is 4.43 Å². The first-order valence-electron chi connectivity index (χ1n) is 5.65. The van der Waals surface area contributed by atoms with Crippen molar-refractivity contribution in [1.29, 1.82) is 0 Å². The molecule has 0 aromatic carbocycles. The highest BCUT2D eigenvalue weighted by Gasteiger charge is 1.93. The molecule has 0 atom stereocenters. The van der Waals surface area contributed by atoms with Crippen molar-refractivity contribution in [2.75, 3.05) is 18.6 Å². The van der Waals surface area contributed by atoms with Crippen molar-refractivity contribution in [2.45, 2.75) is 37.9 Å². The third-order valence-corrected chi connectivity index (χ3v) is 7.47. The van der Waals surface area contributed by atoms with Gasteiger partial charge < -0.3 is 4.43 Å². The van der Waals surface area contributed by atoms with Gasteiger partial charge in [-0.05, 0) is 18.9 Å². The smallest absolute Gasteiger partial charge is 0.161 e. The Labute approximate surface area is 102 Å². The van der Waals surface area contributed by atoms with Crippen molar-refractivity contribution in [3.8, 4) is 0 Å². The molecular formula is C9H24OS2Si2. The van der Waals surface area contributed by atoms with E-state index in [0.717, 1.165) is 0 Å². The summed E-state index contributed by atoms with van der Waals surface area (Å²) in [6.07, 6.45) is 2.83. The first-order chi connectivity index (χ1) is 6.91. The standard InChI is InChI=1S/C9H24OS2Si2/c1-3-13-8-4-6-11-12-7-5-9-14-10-2/h3-9,13-14H2,1-2H3. The van der Waals surface area contributed by atoms with Gasteiger partial charge in [-0.2, -0.15) is 0 Å². The van der Waals surface area contributed by atoms with Gasteiger partial charge >= 0.3 is 0 Å². The molecule has 0 aliphatic rings. The number of hydrogen-bond donors (Lipinski definition) is 0. The Morgan fingerprint density at radius 3 is 2.29 bits per heavy atom. The molecule has 0 aliphatic heterocycles. The molecule has 0 heterocycles. The van der Waals surface area contributed by atoms with Gasteiger partial charge in [0.1, 0.15) is 0 Å². The Hall–Kier alpha value is 1.09. The Kier molecular flexibility index (Phi) is 15.2. The molecule has 86 valence electrons. The minimum absolute atomic E-state index is 0.146. The minimum atomic E-state index is -0.146. The molecule has 0 spiro atoms. The summed E-state index contributed by atoms with van der Waals surface area (Å²) in [7, 11) is 6.17. The van der Waals surface area contributed by atoms with Crippen molar-refractivity contribution in [1.82, 2.24) is 0 Å². The third-order valence-electron chi connectivity index (χ3n) is 1.99. The zero-order valence-corrected chi connectivity index (χ0v) is 14.1. The zero-order chi connectivity index (χ0) is 10.5. The SMILES string of the molecule is CC[SiH2]CCCSSCCC[SiH2]OC. The molecule has 0 amide bonds. The van der Waals surface area contributed by atoms with Gasteiger partial charge in [0.25, 0.3) is 0 Å². The molecule has 0 aromatic rings. The molecule has 0 fully saturated rings. The normalized spacial score (nSPS) is 12.4. The fourth-order valence-corrected chi connectivity index (χ4v) is 5.98. The van der Waals surface area contributed by atoms with Crippen LogP contribution in [0.3, 0.4) is 0 Å². The lowest BCUT2D eigenvalue weighted by molar-refractivity contribution is 0.440. The van der Waals surface area contributed by atoms with Crippen LogP contribution in [0.5, 0.6) is 0 Å². The lowest BCUT2D eigenvalue weighted by Crippen LogP contribution is -1.92. The molecular weight excluding hydrogens is 244 g/mol. The van der Waals surface area contributed by atoms with Crippen LogP contribution in [-0.2, 0) is 4.43 Å². The first kappa shape index (κ1) is 15.1. The Morgan fingerprint density at radius 1 is 1.07 bits per heavy atom. The zero-order valence-electron chi connectivity index (χ0n) is 9.59. The van der Waals surface area contributed by atoms with E-state index in [9.17, 15) is 0 Å². The minimum Gasteiger partial charge on any atom is -0.427 e. The Balaban J connectivity index is 2.78. The molecule has 0 radical (unpaired) electrons. The summed E-state index contributed by atoms with van der Waals surface area (Å²) >= 11 is 0. The van der Waals surface area contributed by atoms with E-state index in [0.29, 0.717) is 9.52 Å². The van der Waals surface area contributed by atoms with Gasteiger partial charge in [-0.1, -0.05) is 40.6 Å². The maximum Gasteiger partial charge on any atom is 0.161 e. The van der Waals surface area contributed by atoms with Crippen molar-refractivity contribution in [3.05, 3.63) is 0 Å². The van der Waals surface area contributed by atoms with Crippen molar-refractivity contribution >= 4 is 40.9 Å². The van der Waals surface area contributed by atoms with Gasteiger partial charge in [0.15, 0.2) is 9.76 Å². The maximum absolute atomic E-state index is 5.14. The van der Waals surface area contributed by atoms with Crippen LogP contribution in [0.15, 0.2) is 0 Å². The molecule has 0 saturated heterocycles. The highest BCUT2D eigenvalue weighted by atomic mass is 33.1. The summed E-state index contributed by atoms with van der Waals surface area (Å²) in [4.78, 5) is 0. The van der Waals surface area contributed by atoms with E-state index in [1.54, 1.807) is 6.04 Å². The molecule has 5 heteroatoms. The van der Waals surface area contributed by atoms with Crippen LogP contribution < -0.4 is 0 Å². The summed E-state index contributed by atoms with van der Waals surface area (Å²) in [5.41, 5.74) is 0. The van der Waals surface area contributed by atoms with Crippen LogP contribution in [0.4, 0.5) is 0 Å². The quantitative estimate of drug-likeness (QED) is 0.323. The highest BCUT2D eigenvalue weighted by Crippen LogP contribution is 2.23. The van der Waals surface area contributed by atoms with Crippen molar-refractivity contribution in [3.63, 3.8) is 0 Å². The fourth-order valence-electron chi connectivity index (χ4n) is 1.11. The molecule has 1 nitrogen and oxygen atoms in total. The predicted octanol–water partition coefficient (Wildman–Crippen LogP) is 2.32. The predicted molar refractivity (Wildman–Crippen MR) is 78.3 cm³/mol. The number of hydrogen-bond acceptors (Lipinski definition) is 3. The second kappa shape index (κ2) is 14.1. The lowest BCUT2D eigenvalue weighted by Gasteiger charge is -2.00. The molecule has 14 heavy (non-hydrogen) atoms. The van der Waals surface area contributed by atoms with Crippen LogP contribution in [0, 0.1) is 0 Å². The molecule has 0 rings (SSSR count). The summed E-state index contributed by atoms with van der Waals surface area (Å²) in [5, 5.41) is 0. The van der Waals surface area contributed by atoms with E-state index in [4.69, 9.17) is 4.43 Å². The van der Waals surface area contributed by atoms with E-state index in [1.807, 2.05) is 7.11 Å². The van der Waals surface area contributed by atoms with E-state index in [2.05, 4.69) is 28.5 Å². The average Bonchev–Trinajstić information content (AvgIpc) is 2.21. The van der Waals surface area contributed by atoms with E-state index >= 15 is 0 Å². The second-order valence-corrected chi connectivity index (χ2v) is 10.2. The van der Waals surface area contributed by atoms with Crippen LogP contribution in [0.25, 0.3) is 0 Å². The number of rotatable bonds is 11. The van der Waals surface area contributed by atoms with Gasteiger partial charge in [-0.25, -0.2) is 0 Å². The van der Waals surface area contributed by atoms with Crippen LogP contribution in [-0.4, -0.2) is 37.9 Å².